The zero-order chi connectivity index (χ0) is 12.3. The fourth-order valence-corrected chi connectivity index (χ4v) is 1.60. The van der Waals surface area contributed by atoms with E-state index in [2.05, 4.69) is 38.1 Å². The van der Waals surface area contributed by atoms with Gasteiger partial charge in [0.1, 0.15) is 0 Å². The minimum Gasteiger partial charge on any atom is -0.379 e. The van der Waals surface area contributed by atoms with E-state index in [1.165, 1.54) is 11.1 Å². The Balaban J connectivity index is 2.05. The molecule has 0 amide bonds. The molecule has 0 heterocycles. The van der Waals surface area contributed by atoms with Gasteiger partial charge in [0.05, 0.1) is 19.8 Å². The Morgan fingerprint density at radius 1 is 0.765 bits per heavy atom. The Kier molecular flexibility index (Phi) is 7.69. The Morgan fingerprint density at radius 2 is 1.35 bits per heavy atom. The van der Waals surface area contributed by atoms with E-state index in [0.717, 1.165) is 32.5 Å². The van der Waals surface area contributed by atoms with Crippen LogP contribution < -0.4 is 0 Å². The van der Waals surface area contributed by atoms with Crippen LogP contribution >= 0.6 is 0 Å². The van der Waals surface area contributed by atoms with Crippen molar-refractivity contribution in [3.8, 4) is 0 Å². The largest absolute Gasteiger partial charge is 0.379 e. The van der Waals surface area contributed by atoms with E-state index < -0.39 is 0 Å². The normalized spacial score (nSPS) is 10.7. The number of hydrogen-bond acceptors (Lipinski definition) is 2. The van der Waals surface area contributed by atoms with Crippen LogP contribution in [0, 0.1) is 0 Å². The molecule has 0 radical (unpaired) electrons. The highest BCUT2D eigenvalue weighted by atomic mass is 16.5. The van der Waals surface area contributed by atoms with Crippen molar-refractivity contribution in [1.82, 2.24) is 0 Å². The molecule has 96 valence electrons. The maximum absolute atomic E-state index is 5.52. The predicted molar refractivity (Wildman–Crippen MR) is 71.5 cm³/mol. The van der Waals surface area contributed by atoms with Crippen molar-refractivity contribution in [3.05, 3.63) is 35.4 Å². The van der Waals surface area contributed by atoms with Crippen LogP contribution in [0.1, 0.15) is 31.4 Å². The third-order valence-corrected chi connectivity index (χ3v) is 2.69. The molecule has 2 heteroatoms. The zero-order valence-corrected chi connectivity index (χ0v) is 11.1. The zero-order valence-electron chi connectivity index (χ0n) is 11.1. The minimum atomic E-state index is 0.701. The van der Waals surface area contributed by atoms with Crippen molar-refractivity contribution in [2.75, 3.05) is 26.4 Å². The van der Waals surface area contributed by atoms with Crippen molar-refractivity contribution in [3.63, 3.8) is 0 Å². The lowest BCUT2D eigenvalue weighted by Crippen LogP contribution is -2.07. The van der Waals surface area contributed by atoms with Gasteiger partial charge in [0.25, 0.3) is 0 Å². The highest BCUT2D eigenvalue weighted by Gasteiger charge is 1.94. The second kappa shape index (κ2) is 9.20. The molecule has 1 rings (SSSR count). The molecule has 0 aromatic heterocycles. The summed E-state index contributed by atoms with van der Waals surface area (Å²) in [7, 11) is 0. The van der Waals surface area contributed by atoms with E-state index in [4.69, 9.17) is 9.47 Å². The fourth-order valence-electron chi connectivity index (χ4n) is 1.60. The van der Waals surface area contributed by atoms with E-state index in [0.29, 0.717) is 13.2 Å². The van der Waals surface area contributed by atoms with E-state index in [-0.39, 0.29) is 0 Å². The van der Waals surface area contributed by atoms with Crippen LogP contribution in [-0.4, -0.2) is 26.4 Å². The van der Waals surface area contributed by atoms with Crippen LogP contribution in [0.3, 0.4) is 0 Å². The minimum absolute atomic E-state index is 0.701. The number of ether oxygens (including phenoxy) is 2. The third kappa shape index (κ3) is 6.44. The molecular weight excluding hydrogens is 212 g/mol. The summed E-state index contributed by atoms with van der Waals surface area (Å²) in [5.41, 5.74) is 2.74. The second-order valence-electron chi connectivity index (χ2n) is 4.14. The van der Waals surface area contributed by atoms with Gasteiger partial charge in [0, 0.05) is 6.61 Å². The first-order chi connectivity index (χ1) is 8.36. The molecule has 0 atom stereocenters. The first-order valence-electron chi connectivity index (χ1n) is 6.60. The Hall–Kier alpha value is -0.860. The fraction of sp³-hybridized carbons (Fsp3) is 0.600. The molecule has 17 heavy (non-hydrogen) atoms. The van der Waals surface area contributed by atoms with Gasteiger partial charge in [-0.3, -0.25) is 0 Å². The quantitative estimate of drug-likeness (QED) is 0.613. The maximum Gasteiger partial charge on any atom is 0.0700 e. The molecule has 0 N–H and O–H groups in total. The summed E-state index contributed by atoms with van der Waals surface area (Å²) in [6.45, 7) is 7.31. The molecule has 1 aromatic carbocycles. The number of benzene rings is 1. The monoisotopic (exact) mass is 236 g/mol. The van der Waals surface area contributed by atoms with Crippen molar-refractivity contribution >= 4 is 0 Å². The van der Waals surface area contributed by atoms with Gasteiger partial charge in [-0.25, -0.2) is 0 Å². The van der Waals surface area contributed by atoms with Crippen molar-refractivity contribution < 1.29 is 9.47 Å². The second-order valence-corrected chi connectivity index (χ2v) is 4.14. The highest BCUT2D eigenvalue weighted by Crippen LogP contribution is 2.05. The molecule has 2 nitrogen and oxygen atoms in total. The van der Waals surface area contributed by atoms with Crippen LogP contribution in [0.2, 0.25) is 0 Å². The molecule has 0 bridgehead atoms. The third-order valence-electron chi connectivity index (χ3n) is 2.69. The summed E-state index contributed by atoms with van der Waals surface area (Å²) < 4.78 is 10.9. The number of aryl methyl sites for hydroxylation is 1. The summed E-state index contributed by atoms with van der Waals surface area (Å²) in [5.74, 6) is 0. The average Bonchev–Trinajstić information content (AvgIpc) is 2.38. The predicted octanol–water partition coefficient (Wildman–Crippen LogP) is 3.23. The molecule has 0 aliphatic rings. The molecule has 0 spiro atoms. The number of hydrogen-bond donors (Lipinski definition) is 0. The molecular formula is C15H24O2. The van der Waals surface area contributed by atoms with Crippen molar-refractivity contribution in [2.24, 2.45) is 0 Å². The Labute approximate surface area is 105 Å². The summed E-state index contributed by atoms with van der Waals surface area (Å²) in [5, 5.41) is 0. The Bertz CT molecular complexity index is 279. The smallest absolute Gasteiger partial charge is 0.0700 e. The number of rotatable bonds is 9. The first-order valence-corrected chi connectivity index (χ1v) is 6.60. The van der Waals surface area contributed by atoms with E-state index in [9.17, 15) is 0 Å². The van der Waals surface area contributed by atoms with Gasteiger partial charge in [-0.15, -0.1) is 0 Å². The van der Waals surface area contributed by atoms with E-state index in [1.807, 2.05) is 0 Å². The molecule has 0 saturated carbocycles. The molecule has 0 aliphatic carbocycles. The Morgan fingerprint density at radius 3 is 1.94 bits per heavy atom. The van der Waals surface area contributed by atoms with Gasteiger partial charge >= 0.3 is 0 Å². The summed E-state index contributed by atoms with van der Waals surface area (Å²) in [4.78, 5) is 0. The lowest BCUT2D eigenvalue weighted by Gasteiger charge is -2.05. The van der Waals surface area contributed by atoms with Crippen LogP contribution in [0.4, 0.5) is 0 Å². The molecule has 0 fully saturated rings. The summed E-state index contributed by atoms with van der Waals surface area (Å²) >= 11 is 0. The van der Waals surface area contributed by atoms with Crippen molar-refractivity contribution in [2.45, 2.75) is 33.1 Å². The standard InChI is InChI=1S/C15H24O2/c1-3-10-16-12-13-17-11-9-15-7-5-14(4-2)6-8-15/h5-8H,3-4,9-13H2,1-2H3. The highest BCUT2D eigenvalue weighted by molar-refractivity contribution is 5.22. The van der Waals surface area contributed by atoms with Gasteiger partial charge in [0.2, 0.25) is 0 Å². The summed E-state index contributed by atoms with van der Waals surface area (Å²) in [6.07, 6.45) is 3.16. The lowest BCUT2D eigenvalue weighted by molar-refractivity contribution is 0.0492. The van der Waals surface area contributed by atoms with Gasteiger partial charge in [-0.05, 0) is 30.4 Å². The lowest BCUT2D eigenvalue weighted by atomic mass is 10.1. The molecule has 1 aromatic rings. The SMILES string of the molecule is CCCOCCOCCc1ccc(CC)cc1. The van der Waals surface area contributed by atoms with Gasteiger partial charge < -0.3 is 9.47 Å². The maximum atomic E-state index is 5.52. The average molecular weight is 236 g/mol. The molecule has 0 saturated heterocycles. The van der Waals surface area contributed by atoms with Gasteiger partial charge in [0.15, 0.2) is 0 Å². The van der Waals surface area contributed by atoms with Crippen LogP contribution in [-0.2, 0) is 22.3 Å². The topological polar surface area (TPSA) is 18.5 Å². The molecule has 0 aliphatic heterocycles. The first kappa shape index (κ1) is 14.2. The molecule has 0 unspecified atom stereocenters. The van der Waals surface area contributed by atoms with Gasteiger partial charge in [-0.1, -0.05) is 38.1 Å². The van der Waals surface area contributed by atoms with Crippen molar-refractivity contribution in [1.29, 1.82) is 0 Å². The van der Waals surface area contributed by atoms with Crippen LogP contribution in [0.15, 0.2) is 24.3 Å². The van der Waals surface area contributed by atoms with Gasteiger partial charge in [-0.2, -0.15) is 0 Å². The summed E-state index contributed by atoms with van der Waals surface area (Å²) in [6, 6.07) is 8.77. The van der Waals surface area contributed by atoms with E-state index in [1.54, 1.807) is 0 Å². The van der Waals surface area contributed by atoms with Crippen LogP contribution in [0.5, 0.6) is 0 Å². The van der Waals surface area contributed by atoms with E-state index >= 15 is 0 Å². The van der Waals surface area contributed by atoms with Crippen LogP contribution in [0.25, 0.3) is 0 Å².